The van der Waals surface area contributed by atoms with E-state index in [2.05, 4.69) is 12.2 Å². The summed E-state index contributed by atoms with van der Waals surface area (Å²) in [6.45, 7) is 3.66. The molecule has 156 valence electrons. The van der Waals surface area contributed by atoms with Crippen LogP contribution >= 0.6 is 0 Å². The number of hydrogen-bond acceptors (Lipinski definition) is 4. The van der Waals surface area contributed by atoms with Gasteiger partial charge in [0.15, 0.2) is 0 Å². The number of rotatable bonds is 15. The number of aliphatic hydroxyl groups is 2. The van der Waals surface area contributed by atoms with Gasteiger partial charge in [-0.05, 0) is 51.4 Å². The van der Waals surface area contributed by atoms with Crippen LogP contribution in [0.15, 0.2) is 24.3 Å². The predicted octanol–water partition coefficient (Wildman–Crippen LogP) is 4.09. The van der Waals surface area contributed by atoms with Gasteiger partial charge in [-0.15, -0.1) is 0 Å². The van der Waals surface area contributed by atoms with Crippen molar-refractivity contribution >= 4 is 5.97 Å². The Kier molecular flexibility index (Phi) is 13.1. The molecule has 27 heavy (non-hydrogen) atoms. The maximum Gasteiger partial charge on any atom is 0.327 e. The number of allylic oxidation sites excluding steroid dienone is 2. The molecule has 5 nitrogen and oxygen atoms in total. The number of carboxylic acids is 1. The van der Waals surface area contributed by atoms with Gasteiger partial charge in [-0.25, -0.2) is 4.79 Å². The summed E-state index contributed by atoms with van der Waals surface area (Å²) in [6.07, 6.45) is 15.8. The Bertz CT molecular complexity index is 446. The number of unbranched alkanes of at least 4 members (excludes halogenated alkanes) is 6. The third-order valence-corrected chi connectivity index (χ3v) is 5.31. The van der Waals surface area contributed by atoms with Gasteiger partial charge < -0.3 is 20.1 Å². The summed E-state index contributed by atoms with van der Waals surface area (Å²) in [6, 6.07) is 0. The Morgan fingerprint density at radius 2 is 1.70 bits per heavy atom. The minimum atomic E-state index is -0.913. The van der Waals surface area contributed by atoms with Crippen LogP contribution in [0.4, 0.5) is 0 Å². The molecule has 0 saturated heterocycles. The quantitative estimate of drug-likeness (QED) is 0.226. The number of hydrogen-bond donors (Lipinski definition) is 3. The topological polar surface area (TPSA) is 87.0 Å². The molecule has 1 fully saturated rings. The molecule has 0 aromatic carbocycles. The van der Waals surface area contributed by atoms with Crippen molar-refractivity contribution in [3.8, 4) is 0 Å². The van der Waals surface area contributed by atoms with Crippen molar-refractivity contribution in [2.45, 2.75) is 83.3 Å². The molecule has 1 aliphatic carbocycles. The smallest absolute Gasteiger partial charge is 0.327 e. The Hall–Kier alpha value is -1.17. The number of carboxylic acid groups (broad SMARTS) is 1. The molecule has 0 aromatic heterocycles. The third kappa shape index (κ3) is 10.7. The summed E-state index contributed by atoms with van der Waals surface area (Å²) in [5.41, 5.74) is 0. The van der Waals surface area contributed by atoms with Crippen molar-refractivity contribution in [2.24, 2.45) is 11.8 Å². The number of aliphatic carboxylic acids is 1. The molecule has 0 radical (unpaired) electrons. The van der Waals surface area contributed by atoms with Gasteiger partial charge in [-0.3, -0.25) is 0 Å². The van der Waals surface area contributed by atoms with Crippen LogP contribution in [0.5, 0.6) is 0 Å². The second-order valence-electron chi connectivity index (χ2n) is 7.46. The molecule has 0 aromatic rings. The summed E-state index contributed by atoms with van der Waals surface area (Å²) in [7, 11) is 0. The minimum Gasteiger partial charge on any atom is -0.478 e. The summed E-state index contributed by atoms with van der Waals surface area (Å²) in [4.78, 5) is 10.4. The van der Waals surface area contributed by atoms with E-state index in [1.807, 2.05) is 6.92 Å². The van der Waals surface area contributed by atoms with Crippen molar-refractivity contribution in [1.82, 2.24) is 0 Å². The molecule has 0 spiro atoms. The maximum absolute atomic E-state index is 10.4. The highest BCUT2D eigenvalue weighted by Gasteiger charge is 2.39. The van der Waals surface area contributed by atoms with E-state index < -0.39 is 18.2 Å². The standard InChI is InChI=1S/C22H38O5/c1-2-27-16-12-8-4-3-5-9-13-18-19(21(24)17-20(18)23)14-10-6-7-11-15-22(25)26/h9,11,13,15,18-21,23-24H,2-8,10,12,14,16-17H2,1H3,(H,25,26)/t18-,19?,20-,21+/m1/s1. The normalized spacial score (nSPS) is 25.7. The molecule has 5 heteroatoms. The van der Waals surface area contributed by atoms with Crippen LogP contribution < -0.4 is 0 Å². The summed E-state index contributed by atoms with van der Waals surface area (Å²) in [5.74, 6) is -0.776. The summed E-state index contributed by atoms with van der Waals surface area (Å²) >= 11 is 0. The average molecular weight is 383 g/mol. The molecule has 4 atom stereocenters. The highest BCUT2D eigenvalue weighted by molar-refractivity contribution is 5.79. The van der Waals surface area contributed by atoms with Crippen molar-refractivity contribution in [1.29, 1.82) is 0 Å². The molecule has 1 unspecified atom stereocenters. The molecule has 0 bridgehead atoms. The zero-order chi connectivity index (χ0) is 19.9. The lowest BCUT2D eigenvalue weighted by atomic mass is 9.88. The first kappa shape index (κ1) is 23.9. The van der Waals surface area contributed by atoms with Crippen LogP contribution in [0.25, 0.3) is 0 Å². The van der Waals surface area contributed by atoms with Crippen molar-refractivity contribution in [2.75, 3.05) is 13.2 Å². The van der Waals surface area contributed by atoms with Gasteiger partial charge in [0.2, 0.25) is 0 Å². The molecule has 1 aliphatic rings. The fourth-order valence-corrected chi connectivity index (χ4v) is 3.82. The molecule has 0 heterocycles. The van der Waals surface area contributed by atoms with Crippen LogP contribution in [-0.4, -0.2) is 46.7 Å². The second kappa shape index (κ2) is 14.8. The molecule has 1 saturated carbocycles. The number of ether oxygens (including phenoxy) is 1. The molecule has 3 N–H and O–H groups in total. The van der Waals surface area contributed by atoms with Crippen LogP contribution in [0.1, 0.15) is 71.1 Å². The van der Waals surface area contributed by atoms with E-state index in [1.165, 1.54) is 18.9 Å². The summed E-state index contributed by atoms with van der Waals surface area (Å²) < 4.78 is 5.33. The van der Waals surface area contributed by atoms with Gasteiger partial charge in [0.05, 0.1) is 12.2 Å². The molecular formula is C22H38O5. The van der Waals surface area contributed by atoms with E-state index in [1.54, 1.807) is 6.08 Å². The first-order valence-electron chi connectivity index (χ1n) is 10.6. The first-order chi connectivity index (χ1) is 13.1. The fourth-order valence-electron chi connectivity index (χ4n) is 3.82. The first-order valence-corrected chi connectivity index (χ1v) is 10.6. The Labute approximate surface area is 164 Å². The monoisotopic (exact) mass is 382 g/mol. The van der Waals surface area contributed by atoms with Gasteiger partial charge in [-0.1, -0.05) is 37.5 Å². The lowest BCUT2D eigenvalue weighted by molar-refractivity contribution is -0.131. The third-order valence-electron chi connectivity index (χ3n) is 5.31. The van der Waals surface area contributed by atoms with E-state index in [4.69, 9.17) is 9.84 Å². The second-order valence-corrected chi connectivity index (χ2v) is 7.46. The highest BCUT2D eigenvalue weighted by atomic mass is 16.5. The van der Waals surface area contributed by atoms with Crippen molar-refractivity contribution in [3.05, 3.63) is 24.3 Å². The van der Waals surface area contributed by atoms with Crippen LogP contribution in [0.3, 0.4) is 0 Å². The maximum atomic E-state index is 10.4. The molecule has 0 aliphatic heterocycles. The number of carbonyl (C=O) groups is 1. The van der Waals surface area contributed by atoms with Gasteiger partial charge in [0.1, 0.15) is 0 Å². The Morgan fingerprint density at radius 1 is 1.00 bits per heavy atom. The van der Waals surface area contributed by atoms with Crippen LogP contribution in [-0.2, 0) is 9.53 Å². The lowest BCUT2D eigenvalue weighted by Crippen LogP contribution is -2.20. The largest absolute Gasteiger partial charge is 0.478 e. The van der Waals surface area contributed by atoms with Crippen molar-refractivity contribution in [3.63, 3.8) is 0 Å². The zero-order valence-corrected chi connectivity index (χ0v) is 16.8. The Morgan fingerprint density at radius 3 is 2.44 bits per heavy atom. The SMILES string of the molecule is CCOCCCCCCC=C[C@@H]1C(CCCCC=CC(=O)O)[C@@H](O)C[C@H]1O. The van der Waals surface area contributed by atoms with Crippen molar-refractivity contribution < 1.29 is 24.9 Å². The average Bonchev–Trinajstić information content (AvgIpc) is 2.89. The van der Waals surface area contributed by atoms with E-state index in [9.17, 15) is 15.0 Å². The van der Waals surface area contributed by atoms with Gasteiger partial charge in [0.25, 0.3) is 0 Å². The highest BCUT2D eigenvalue weighted by Crippen LogP contribution is 2.37. The summed E-state index contributed by atoms with van der Waals surface area (Å²) in [5, 5.41) is 29.1. The fraction of sp³-hybridized carbons (Fsp3) is 0.773. The van der Waals surface area contributed by atoms with E-state index >= 15 is 0 Å². The Balaban J connectivity index is 2.24. The molecular weight excluding hydrogens is 344 g/mol. The van der Waals surface area contributed by atoms with E-state index in [0.29, 0.717) is 6.42 Å². The molecule has 1 rings (SSSR count). The van der Waals surface area contributed by atoms with E-state index in [0.717, 1.165) is 58.2 Å². The lowest BCUT2D eigenvalue weighted by Gasteiger charge is -2.20. The van der Waals surface area contributed by atoms with Crippen LogP contribution in [0.2, 0.25) is 0 Å². The zero-order valence-electron chi connectivity index (χ0n) is 16.8. The van der Waals surface area contributed by atoms with Gasteiger partial charge in [0, 0.05) is 31.6 Å². The van der Waals surface area contributed by atoms with Gasteiger partial charge >= 0.3 is 5.97 Å². The minimum absolute atomic E-state index is 0.0347. The van der Waals surface area contributed by atoms with Crippen LogP contribution in [0, 0.1) is 11.8 Å². The van der Waals surface area contributed by atoms with E-state index in [-0.39, 0.29) is 11.8 Å². The molecule has 0 amide bonds. The van der Waals surface area contributed by atoms with Gasteiger partial charge in [-0.2, -0.15) is 0 Å². The number of aliphatic hydroxyl groups excluding tert-OH is 2. The predicted molar refractivity (Wildman–Crippen MR) is 108 cm³/mol.